The molecule has 1 aliphatic heterocycles. The molecule has 1 aromatic carbocycles. The number of benzene rings is 1. The van der Waals surface area contributed by atoms with E-state index in [-0.39, 0.29) is 0 Å². The Balaban J connectivity index is 1.80. The summed E-state index contributed by atoms with van der Waals surface area (Å²) in [7, 11) is 0. The molecule has 21 heavy (non-hydrogen) atoms. The van der Waals surface area contributed by atoms with Crippen molar-refractivity contribution in [2.45, 2.75) is 49.7 Å². The van der Waals surface area contributed by atoms with E-state index >= 15 is 0 Å². The third-order valence-electron chi connectivity index (χ3n) is 4.74. The highest BCUT2D eigenvalue weighted by molar-refractivity contribution is 8.21. The molecule has 1 aromatic rings. The van der Waals surface area contributed by atoms with E-state index in [1.165, 1.54) is 48.5 Å². The lowest BCUT2D eigenvalue weighted by Gasteiger charge is -2.37. The number of nitrogens with zero attached hydrogens (tertiary/aromatic N) is 1. The van der Waals surface area contributed by atoms with Crippen LogP contribution in [0.1, 0.15) is 51.1 Å². The first-order valence-corrected chi connectivity index (χ1v) is 10.1. The molecule has 0 bridgehead atoms. The Morgan fingerprint density at radius 1 is 1.24 bits per heavy atom. The molecular formula is C18H25NS2. The summed E-state index contributed by atoms with van der Waals surface area (Å²) in [5.41, 5.74) is 2.83. The van der Waals surface area contributed by atoms with E-state index in [2.05, 4.69) is 67.7 Å². The van der Waals surface area contributed by atoms with Crippen molar-refractivity contribution in [1.82, 2.24) is 0 Å². The number of hydrogen-bond donors (Lipinski definition) is 0. The van der Waals surface area contributed by atoms with Crippen molar-refractivity contribution in [2.24, 2.45) is 10.9 Å². The zero-order chi connectivity index (χ0) is 14.7. The van der Waals surface area contributed by atoms with Crippen molar-refractivity contribution in [3.63, 3.8) is 0 Å². The van der Waals surface area contributed by atoms with Gasteiger partial charge in [0, 0.05) is 23.6 Å². The van der Waals surface area contributed by atoms with E-state index in [0.29, 0.717) is 16.0 Å². The van der Waals surface area contributed by atoms with Crippen molar-refractivity contribution in [3.8, 4) is 0 Å². The largest absolute Gasteiger partial charge is 0.286 e. The Morgan fingerprint density at radius 3 is 2.62 bits per heavy atom. The number of aliphatic imine (C=N–C) groups is 1. The fourth-order valence-corrected chi connectivity index (χ4v) is 6.73. The SMILES string of the molecule is CCC1CCC2(CC1=N[C@H](C)c1ccccc1)SCCS2. The Bertz CT molecular complexity index is 491. The topological polar surface area (TPSA) is 12.4 Å². The molecule has 1 saturated heterocycles. The highest BCUT2D eigenvalue weighted by Crippen LogP contribution is 2.53. The fraction of sp³-hybridized carbons (Fsp3) is 0.611. The zero-order valence-electron chi connectivity index (χ0n) is 13.0. The van der Waals surface area contributed by atoms with Crippen molar-refractivity contribution < 1.29 is 0 Å². The standard InChI is InChI=1S/C18H25NS2/c1-3-15-9-10-18(20-11-12-21-18)13-17(15)19-14(2)16-7-5-4-6-8-16/h4-8,14-15H,3,9-13H2,1-2H3/t14-,15?/m1/s1. The molecule has 2 fully saturated rings. The summed E-state index contributed by atoms with van der Waals surface area (Å²) in [6.45, 7) is 4.56. The molecule has 114 valence electrons. The van der Waals surface area contributed by atoms with Crippen LogP contribution >= 0.6 is 23.5 Å². The second-order valence-corrected chi connectivity index (χ2v) is 9.35. The molecule has 0 aromatic heterocycles. The Morgan fingerprint density at radius 2 is 1.95 bits per heavy atom. The summed E-state index contributed by atoms with van der Waals surface area (Å²) in [6, 6.07) is 11.0. The van der Waals surface area contributed by atoms with Crippen LogP contribution in [0.3, 0.4) is 0 Å². The average molecular weight is 320 g/mol. The van der Waals surface area contributed by atoms with Crippen molar-refractivity contribution >= 4 is 29.2 Å². The van der Waals surface area contributed by atoms with Crippen LogP contribution in [0.5, 0.6) is 0 Å². The van der Waals surface area contributed by atoms with Crippen molar-refractivity contribution in [1.29, 1.82) is 0 Å². The second kappa shape index (κ2) is 6.78. The normalized spacial score (nSPS) is 28.1. The van der Waals surface area contributed by atoms with Gasteiger partial charge in [-0.3, -0.25) is 4.99 Å². The highest BCUT2D eigenvalue weighted by Gasteiger charge is 2.41. The van der Waals surface area contributed by atoms with Gasteiger partial charge in [-0.05, 0) is 37.7 Å². The molecule has 1 aliphatic carbocycles. The van der Waals surface area contributed by atoms with Crippen LogP contribution in [-0.2, 0) is 0 Å². The Kier molecular flexibility index (Phi) is 5.00. The van der Waals surface area contributed by atoms with E-state index < -0.39 is 0 Å². The summed E-state index contributed by atoms with van der Waals surface area (Å²) in [4.78, 5) is 5.17. The maximum absolute atomic E-state index is 5.17. The minimum absolute atomic E-state index is 0.293. The van der Waals surface area contributed by atoms with E-state index in [4.69, 9.17) is 4.99 Å². The van der Waals surface area contributed by atoms with Crippen LogP contribution in [0.25, 0.3) is 0 Å². The van der Waals surface area contributed by atoms with Gasteiger partial charge in [0.05, 0.1) is 10.1 Å². The predicted octanol–water partition coefficient (Wildman–Crippen LogP) is 5.58. The molecule has 2 atom stereocenters. The summed E-state index contributed by atoms with van der Waals surface area (Å²) >= 11 is 4.37. The quantitative estimate of drug-likeness (QED) is 0.721. The smallest absolute Gasteiger partial charge is 0.0720 e. The summed E-state index contributed by atoms with van der Waals surface area (Å²) in [5.74, 6) is 3.36. The third kappa shape index (κ3) is 3.50. The molecular weight excluding hydrogens is 294 g/mol. The van der Waals surface area contributed by atoms with E-state index in [1.807, 2.05) is 0 Å². The van der Waals surface area contributed by atoms with Gasteiger partial charge < -0.3 is 0 Å². The van der Waals surface area contributed by atoms with Crippen LogP contribution in [0, 0.1) is 5.92 Å². The van der Waals surface area contributed by atoms with Crippen LogP contribution in [-0.4, -0.2) is 21.3 Å². The molecule has 0 amide bonds. The second-order valence-electron chi connectivity index (χ2n) is 6.14. The number of hydrogen-bond acceptors (Lipinski definition) is 3. The fourth-order valence-electron chi connectivity index (χ4n) is 3.46. The van der Waals surface area contributed by atoms with Crippen molar-refractivity contribution in [2.75, 3.05) is 11.5 Å². The minimum Gasteiger partial charge on any atom is -0.286 e. The van der Waals surface area contributed by atoms with Gasteiger partial charge in [0.25, 0.3) is 0 Å². The molecule has 3 rings (SSSR count). The predicted molar refractivity (Wildman–Crippen MR) is 97.6 cm³/mol. The van der Waals surface area contributed by atoms with E-state index in [1.54, 1.807) is 0 Å². The van der Waals surface area contributed by atoms with Gasteiger partial charge in [-0.25, -0.2) is 0 Å². The van der Waals surface area contributed by atoms with Gasteiger partial charge in [-0.2, -0.15) is 0 Å². The lowest BCUT2D eigenvalue weighted by molar-refractivity contribution is 0.502. The number of thioether (sulfide) groups is 2. The Labute approximate surface area is 137 Å². The average Bonchev–Trinajstić information content (AvgIpc) is 2.96. The van der Waals surface area contributed by atoms with Gasteiger partial charge in [-0.1, -0.05) is 37.3 Å². The molecule has 2 aliphatic rings. The molecule has 0 radical (unpaired) electrons. The molecule has 1 heterocycles. The van der Waals surface area contributed by atoms with Crippen LogP contribution in [0.4, 0.5) is 0 Å². The first-order chi connectivity index (χ1) is 10.2. The highest BCUT2D eigenvalue weighted by atomic mass is 32.2. The van der Waals surface area contributed by atoms with Gasteiger partial charge >= 0.3 is 0 Å². The molecule has 1 spiro atoms. The van der Waals surface area contributed by atoms with Crippen LogP contribution in [0.15, 0.2) is 35.3 Å². The first-order valence-electron chi connectivity index (χ1n) is 8.12. The number of rotatable bonds is 3. The maximum atomic E-state index is 5.17. The van der Waals surface area contributed by atoms with E-state index in [9.17, 15) is 0 Å². The summed E-state index contributed by atoms with van der Waals surface area (Å²) in [5, 5.41) is 0. The molecule has 1 nitrogen and oxygen atoms in total. The monoisotopic (exact) mass is 319 g/mol. The summed E-state index contributed by atoms with van der Waals surface area (Å²) in [6.07, 6.45) is 5.15. The lowest BCUT2D eigenvalue weighted by Crippen LogP contribution is -2.33. The zero-order valence-corrected chi connectivity index (χ0v) is 14.7. The molecule has 1 unspecified atom stereocenters. The van der Waals surface area contributed by atoms with Gasteiger partial charge in [-0.15, -0.1) is 23.5 Å². The van der Waals surface area contributed by atoms with Crippen LogP contribution < -0.4 is 0 Å². The maximum Gasteiger partial charge on any atom is 0.0720 e. The molecule has 0 N–H and O–H groups in total. The minimum atomic E-state index is 0.293. The summed E-state index contributed by atoms with van der Waals surface area (Å²) < 4.78 is 0.459. The first kappa shape index (κ1) is 15.5. The van der Waals surface area contributed by atoms with E-state index in [0.717, 1.165) is 0 Å². The third-order valence-corrected chi connectivity index (χ3v) is 8.27. The van der Waals surface area contributed by atoms with Gasteiger partial charge in [0.15, 0.2) is 0 Å². The molecule has 3 heteroatoms. The van der Waals surface area contributed by atoms with Crippen LogP contribution in [0.2, 0.25) is 0 Å². The lowest BCUT2D eigenvalue weighted by atomic mass is 9.84. The van der Waals surface area contributed by atoms with Gasteiger partial charge in [0.1, 0.15) is 0 Å². The Hall–Kier alpha value is -0.410. The van der Waals surface area contributed by atoms with Crippen molar-refractivity contribution in [3.05, 3.63) is 35.9 Å². The van der Waals surface area contributed by atoms with Gasteiger partial charge in [0.2, 0.25) is 0 Å². The molecule has 1 saturated carbocycles.